The summed E-state index contributed by atoms with van der Waals surface area (Å²) in [6.07, 6.45) is 60.0. The van der Waals surface area contributed by atoms with Gasteiger partial charge in [-0.05, 0) is 89.9 Å². The van der Waals surface area contributed by atoms with E-state index in [9.17, 15) is 19.0 Å². The van der Waals surface area contributed by atoms with E-state index < -0.39 is 32.5 Å². The van der Waals surface area contributed by atoms with Gasteiger partial charge in [0.25, 0.3) is 7.82 Å². The molecule has 366 valence electrons. The molecule has 0 spiro atoms. The lowest BCUT2D eigenvalue weighted by Gasteiger charge is -2.28. The van der Waals surface area contributed by atoms with Gasteiger partial charge in [0.2, 0.25) is 0 Å². The Morgan fingerprint density at radius 1 is 0.484 bits per heavy atom. The normalized spacial score (nSPS) is 14.3. The monoisotopic (exact) mass is 914 g/mol. The quantitative estimate of drug-likeness (QED) is 0.0195. The lowest BCUT2D eigenvalue weighted by Crippen LogP contribution is -2.37. The Kier molecular flexibility index (Phi) is 42.9. The number of allylic oxidation sites excluding steroid dienone is 16. The first kappa shape index (κ1) is 60.9. The van der Waals surface area contributed by atoms with Crippen molar-refractivity contribution in [3.8, 4) is 0 Å². The number of carbonyl (C=O) groups excluding carboxylic acids is 2. The molecular weight excluding hydrogens is 822 g/mol. The number of likely N-dealkylation sites (N-methyl/N-ethyl adjacent to an activating group) is 1. The smallest absolute Gasteiger partial charge is 0.306 e. The molecule has 0 aliphatic carbocycles. The highest BCUT2D eigenvalue weighted by Gasteiger charge is 2.21. The van der Waals surface area contributed by atoms with Crippen LogP contribution in [0.5, 0.6) is 0 Å². The summed E-state index contributed by atoms with van der Waals surface area (Å²) in [5, 5.41) is 0. The van der Waals surface area contributed by atoms with Gasteiger partial charge < -0.3 is 27.9 Å². The number of phosphoric ester groups is 1. The highest BCUT2D eigenvalue weighted by Crippen LogP contribution is 2.38. The molecule has 2 atom stereocenters. The zero-order chi connectivity index (χ0) is 47.1. The van der Waals surface area contributed by atoms with Crippen LogP contribution in [0.4, 0.5) is 0 Å². The zero-order valence-electron chi connectivity index (χ0n) is 41.2. The van der Waals surface area contributed by atoms with Gasteiger partial charge in [-0.15, -0.1) is 0 Å². The summed E-state index contributed by atoms with van der Waals surface area (Å²) in [5.74, 6) is -0.866. The van der Waals surface area contributed by atoms with Gasteiger partial charge in [-0.25, -0.2) is 0 Å². The first-order chi connectivity index (χ1) is 31.0. The zero-order valence-corrected chi connectivity index (χ0v) is 42.1. The summed E-state index contributed by atoms with van der Waals surface area (Å²) in [4.78, 5) is 37.7. The predicted octanol–water partition coefficient (Wildman–Crippen LogP) is 14.3. The van der Waals surface area contributed by atoms with Crippen molar-refractivity contribution in [1.29, 1.82) is 0 Å². The Bertz CT molecular complexity index is 1400. The molecule has 0 aliphatic rings. The van der Waals surface area contributed by atoms with E-state index in [1.807, 2.05) is 21.1 Å². The third kappa shape index (κ3) is 48.4. The van der Waals surface area contributed by atoms with Crippen LogP contribution < -0.4 is 4.89 Å². The molecule has 0 saturated carbocycles. The number of hydrogen-bond donors (Lipinski definition) is 0. The van der Waals surface area contributed by atoms with Crippen molar-refractivity contribution in [2.75, 3.05) is 47.5 Å². The molecule has 2 unspecified atom stereocenters. The molecule has 0 bridgehead atoms. The third-order valence-electron chi connectivity index (χ3n) is 10.1. The maximum atomic E-state index is 12.7. The molecular formula is C54H92NO8P. The van der Waals surface area contributed by atoms with E-state index in [0.717, 1.165) is 103 Å². The summed E-state index contributed by atoms with van der Waals surface area (Å²) in [7, 11) is 1.13. The Balaban J connectivity index is 4.33. The standard InChI is InChI=1S/C54H92NO8P/c1-6-8-10-12-14-16-18-20-22-24-25-26-27-28-29-31-33-35-37-39-41-43-45-47-54(57)63-52(51-62-64(58,59)61-49-48-55(3,4)5)50-60-53(56)46-44-42-40-38-36-34-32-30-23-21-19-17-15-13-11-9-7-2/h8-11,14-17,20-23,25-26,28-29,52H,6-7,12-13,18-19,24,27,30-51H2,1-5H3/b10-8-,11-9-,16-14-,17-15-,22-20-,23-21-,26-25-,29-28-. The van der Waals surface area contributed by atoms with Crippen LogP contribution in [-0.2, 0) is 32.7 Å². The Hall–Kier alpha value is -3.07. The molecule has 0 saturated heterocycles. The summed E-state index contributed by atoms with van der Waals surface area (Å²) >= 11 is 0. The number of ether oxygens (including phenoxy) is 2. The maximum Gasteiger partial charge on any atom is 0.306 e. The van der Waals surface area contributed by atoms with E-state index in [1.165, 1.54) is 38.5 Å². The number of hydrogen-bond acceptors (Lipinski definition) is 8. The largest absolute Gasteiger partial charge is 0.756 e. The van der Waals surface area contributed by atoms with E-state index in [2.05, 4.69) is 111 Å². The number of unbranched alkanes of at least 4 members (excludes halogenated alkanes) is 14. The average molecular weight is 914 g/mol. The van der Waals surface area contributed by atoms with Gasteiger partial charge in [-0.2, -0.15) is 0 Å². The van der Waals surface area contributed by atoms with E-state index in [-0.39, 0.29) is 26.1 Å². The molecule has 0 aromatic heterocycles. The van der Waals surface area contributed by atoms with Crippen molar-refractivity contribution in [2.24, 2.45) is 0 Å². The fourth-order valence-corrected chi connectivity index (χ4v) is 7.01. The minimum Gasteiger partial charge on any atom is -0.756 e. The van der Waals surface area contributed by atoms with Crippen LogP contribution in [0, 0.1) is 0 Å². The van der Waals surface area contributed by atoms with Gasteiger partial charge >= 0.3 is 11.9 Å². The maximum absolute atomic E-state index is 12.7. The molecule has 0 fully saturated rings. The first-order valence-corrected chi connectivity index (χ1v) is 26.4. The Labute approximate surface area is 392 Å². The van der Waals surface area contributed by atoms with Crippen LogP contribution in [0.2, 0.25) is 0 Å². The van der Waals surface area contributed by atoms with Crippen molar-refractivity contribution in [3.05, 3.63) is 97.2 Å². The molecule has 0 aromatic rings. The topological polar surface area (TPSA) is 111 Å². The van der Waals surface area contributed by atoms with Gasteiger partial charge in [0.15, 0.2) is 6.10 Å². The molecule has 0 amide bonds. The average Bonchev–Trinajstić information content (AvgIpc) is 3.25. The van der Waals surface area contributed by atoms with Crippen molar-refractivity contribution in [1.82, 2.24) is 0 Å². The number of esters is 2. The van der Waals surface area contributed by atoms with Crippen LogP contribution in [0.1, 0.15) is 181 Å². The second-order valence-electron chi connectivity index (χ2n) is 17.4. The second kappa shape index (κ2) is 45.1. The second-order valence-corrected chi connectivity index (χ2v) is 18.8. The molecule has 0 aliphatic heterocycles. The fraction of sp³-hybridized carbons (Fsp3) is 0.667. The fourth-order valence-electron chi connectivity index (χ4n) is 6.28. The van der Waals surface area contributed by atoms with E-state index in [1.54, 1.807) is 0 Å². The third-order valence-corrected chi connectivity index (χ3v) is 11.1. The summed E-state index contributed by atoms with van der Waals surface area (Å²) < 4.78 is 34.0. The van der Waals surface area contributed by atoms with Crippen molar-refractivity contribution >= 4 is 19.8 Å². The summed E-state index contributed by atoms with van der Waals surface area (Å²) in [6.45, 7) is 3.97. The molecule has 0 aromatic carbocycles. The number of nitrogens with zero attached hydrogens (tertiary/aromatic N) is 1. The number of carbonyl (C=O) groups is 2. The van der Waals surface area contributed by atoms with Crippen LogP contribution in [0.15, 0.2) is 97.2 Å². The lowest BCUT2D eigenvalue weighted by molar-refractivity contribution is -0.870. The van der Waals surface area contributed by atoms with Crippen molar-refractivity contribution in [3.63, 3.8) is 0 Å². The van der Waals surface area contributed by atoms with Crippen molar-refractivity contribution < 1.29 is 42.1 Å². The summed E-state index contributed by atoms with van der Waals surface area (Å²) in [5.41, 5.74) is 0. The van der Waals surface area contributed by atoms with Gasteiger partial charge in [0.05, 0.1) is 27.7 Å². The molecule has 0 heterocycles. The van der Waals surface area contributed by atoms with Gasteiger partial charge in [-0.3, -0.25) is 14.2 Å². The number of phosphoric acid groups is 1. The molecule has 9 nitrogen and oxygen atoms in total. The SMILES string of the molecule is CC/C=C\C/C=C\C/C=C\C/C=C\C/C=C\CCCCCCCCCC(=O)OC(COC(=O)CCCCCCCCC/C=C\C/C=C\C/C=C\CC)COP(=O)([O-])OCC[N+](C)(C)C. The molecule has 10 heteroatoms. The molecule has 0 N–H and O–H groups in total. The van der Waals surface area contributed by atoms with Gasteiger partial charge in [0, 0.05) is 12.8 Å². The first-order valence-electron chi connectivity index (χ1n) is 24.9. The molecule has 0 radical (unpaired) electrons. The van der Waals surface area contributed by atoms with Crippen LogP contribution >= 0.6 is 7.82 Å². The number of quaternary nitrogens is 1. The Morgan fingerprint density at radius 2 is 0.844 bits per heavy atom. The minimum absolute atomic E-state index is 0.0405. The van der Waals surface area contributed by atoms with E-state index in [0.29, 0.717) is 23.9 Å². The highest BCUT2D eigenvalue weighted by molar-refractivity contribution is 7.45. The van der Waals surface area contributed by atoms with Crippen LogP contribution in [0.25, 0.3) is 0 Å². The molecule has 64 heavy (non-hydrogen) atoms. The highest BCUT2D eigenvalue weighted by atomic mass is 31.2. The predicted molar refractivity (Wildman–Crippen MR) is 268 cm³/mol. The Morgan fingerprint density at radius 3 is 1.25 bits per heavy atom. The van der Waals surface area contributed by atoms with Gasteiger partial charge in [-0.1, -0.05) is 175 Å². The molecule has 0 rings (SSSR count). The van der Waals surface area contributed by atoms with Gasteiger partial charge in [0.1, 0.15) is 19.8 Å². The van der Waals surface area contributed by atoms with Crippen LogP contribution in [0.3, 0.4) is 0 Å². The van der Waals surface area contributed by atoms with Crippen molar-refractivity contribution in [2.45, 2.75) is 187 Å². The number of rotatable bonds is 44. The van der Waals surface area contributed by atoms with Crippen LogP contribution in [-0.4, -0.2) is 70.0 Å². The lowest BCUT2D eigenvalue weighted by atomic mass is 10.1. The van der Waals surface area contributed by atoms with E-state index in [4.69, 9.17) is 18.5 Å². The van der Waals surface area contributed by atoms with E-state index >= 15 is 0 Å². The summed E-state index contributed by atoms with van der Waals surface area (Å²) in [6, 6.07) is 0. The minimum atomic E-state index is -4.64.